The van der Waals surface area contributed by atoms with E-state index in [-0.39, 0.29) is 0 Å². The van der Waals surface area contributed by atoms with E-state index in [1.807, 2.05) is 0 Å². The van der Waals surface area contributed by atoms with Crippen LogP contribution in [0.3, 0.4) is 0 Å². The first kappa shape index (κ1) is 9.20. The smallest absolute Gasteiger partial charge is 0.0624 e. The molecule has 0 bridgehead atoms. The fraction of sp³-hybridized carbons (Fsp3) is 0.615. The van der Waals surface area contributed by atoms with Gasteiger partial charge in [0.25, 0.3) is 0 Å². The first-order valence-electron chi connectivity index (χ1n) is 6.15. The van der Waals surface area contributed by atoms with Gasteiger partial charge in [0, 0.05) is 18.7 Å². The van der Waals surface area contributed by atoms with Gasteiger partial charge in [0.05, 0.1) is 18.0 Å². The highest BCUT2D eigenvalue weighted by Gasteiger charge is 2.23. The second-order valence-electron chi connectivity index (χ2n) is 4.69. The Hall–Kier alpha value is -1.05. The van der Waals surface area contributed by atoms with E-state index in [1.54, 1.807) is 0 Å². The van der Waals surface area contributed by atoms with Gasteiger partial charge >= 0.3 is 0 Å². The van der Waals surface area contributed by atoms with Gasteiger partial charge in [0.1, 0.15) is 0 Å². The third-order valence-electron chi connectivity index (χ3n) is 3.71. The number of nitrogens with zero attached hydrogens (tertiary/aromatic N) is 2. The third-order valence-corrected chi connectivity index (χ3v) is 3.71. The summed E-state index contributed by atoms with van der Waals surface area (Å²) in [6.07, 6.45) is 9.10. The van der Waals surface area contributed by atoms with Crippen LogP contribution in [0.4, 0.5) is 0 Å². The van der Waals surface area contributed by atoms with Crippen molar-refractivity contribution in [2.45, 2.75) is 38.6 Å². The molecule has 2 heterocycles. The minimum Gasteiger partial charge on any atom is -0.345 e. The molecule has 80 valence electrons. The molecule has 0 N–H and O–H groups in total. The summed E-state index contributed by atoms with van der Waals surface area (Å²) < 4.78 is 2.36. The summed E-state index contributed by atoms with van der Waals surface area (Å²) in [5, 5.41) is 0. The maximum atomic E-state index is 4.76. The summed E-state index contributed by atoms with van der Waals surface area (Å²) >= 11 is 0. The summed E-state index contributed by atoms with van der Waals surface area (Å²) in [4.78, 5) is 4.76. The van der Waals surface area contributed by atoms with Gasteiger partial charge < -0.3 is 4.57 Å². The van der Waals surface area contributed by atoms with Crippen LogP contribution in [-0.4, -0.2) is 16.8 Å². The van der Waals surface area contributed by atoms with E-state index in [4.69, 9.17) is 4.99 Å². The lowest BCUT2D eigenvalue weighted by Crippen LogP contribution is -2.26. The van der Waals surface area contributed by atoms with Gasteiger partial charge in [-0.3, -0.25) is 4.99 Å². The summed E-state index contributed by atoms with van der Waals surface area (Å²) in [6, 6.07) is 4.38. The number of aromatic nitrogens is 1. The molecule has 0 radical (unpaired) electrons. The number of aliphatic imine (C=N–C) groups is 1. The van der Waals surface area contributed by atoms with E-state index < -0.39 is 0 Å². The van der Waals surface area contributed by atoms with Crippen LogP contribution in [0.1, 0.15) is 37.8 Å². The maximum absolute atomic E-state index is 4.76. The van der Waals surface area contributed by atoms with Crippen molar-refractivity contribution in [2.75, 3.05) is 6.54 Å². The lowest BCUT2D eigenvalue weighted by molar-refractivity contribution is 0.435. The fourth-order valence-electron chi connectivity index (χ4n) is 2.92. The molecule has 1 aromatic rings. The SMILES string of the molecule is c1cc2n(c1)CCN=C2C1CCCCC1. The highest BCUT2D eigenvalue weighted by molar-refractivity contribution is 6.01. The molecule has 1 saturated carbocycles. The quantitative estimate of drug-likeness (QED) is 0.666. The first-order valence-corrected chi connectivity index (χ1v) is 6.15. The molecule has 1 fully saturated rings. The molecule has 0 saturated heterocycles. The zero-order valence-electron chi connectivity index (χ0n) is 9.15. The second-order valence-corrected chi connectivity index (χ2v) is 4.69. The summed E-state index contributed by atoms with van der Waals surface area (Å²) in [5.41, 5.74) is 2.78. The van der Waals surface area contributed by atoms with Gasteiger partial charge in [-0.25, -0.2) is 0 Å². The number of hydrogen-bond acceptors (Lipinski definition) is 1. The number of fused-ring (bicyclic) bond motifs is 1. The predicted octanol–water partition coefficient (Wildman–Crippen LogP) is 2.87. The van der Waals surface area contributed by atoms with Gasteiger partial charge in [0.2, 0.25) is 0 Å². The Morgan fingerprint density at radius 2 is 2.07 bits per heavy atom. The van der Waals surface area contributed by atoms with Gasteiger partial charge in [-0.1, -0.05) is 19.3 Å². The largest absolute Gasteiger partial charge is 0.345 e. The minimum atomic E-state index is 0.743. The van der Waals surface area contributed by atoms with E-state index in [9.17, 15) is 0 Å². The van der Waals surface area contributed by atoms with E-state index in [0.717, 1.165) is 19.0 Å². The fourth-order valence-corrected chi connectivity index (χ4v) is 2.92. The lowest BCUT2D eigenvalue weighted by atomic mass is 9.84. The Kier molecular flexibility index (Phi) is 2.35. The molecule has 2 aliphatic rings. The van der Waals surface area contributed by atoms with E-state index in [1.165, 1.54) is 43.5 Å². The monoisotopic (exact) mass is 202 g/mol. The van der Waals surface area contributed by atoms with E-state index in [2.05, 4.69) is 22.9 Å². The van der Waals surface area contributed by atoms with Gasteiger partial charge in [-0.05, 0) is 25.0 Å². The average molecular weight is 202 g/mol. The summed E-state index contributed by atoms with van der Waals surface area (Å²) in [6.45, 7) is 2.05. The van der Waals surface area contributed by atoms with Crippen molar-refractivity contribution >= 4 is 5.71 Å². The Bertz CT molecular complexity index is 370. The van der Waals surface area contributed by atoms with Crippen molar-refractivity contribution in [2.24, 2.45) is 10.9 Å². The topological polar surface area (TPSA) is 17.3 Å². The zero-order chi connectivity index (χ0) is 10.1. The van der Waals surface area contributed by atoms with Crippen LogP contribution in [0.2, 0.25) is 0 Å². The van der Waals surface area contributed by atoms with Crippen molar-refractivity contribution in [3.05, 3.63) is 24.0 Å². The van der Waals surface area contributed by atoms with E-state index >= 15 is 0 Å². The molecule has 1 aromatic heterocycles. The molecule has 0 spiro atoms. The van der Waals surface area contributed by atoms with Crippen LogP contribution in [0.5, 0.6) is 0 Å². The van der Waals surface area contributed by atoms with Gasteiger partial charge in [-0.2, -0.15) is 0 Å². The molecule has 1 aliphatic heterocycles. The summed E-state index contributed by atoms with van der Waals surface area (Å²) in [7, 11) is 0. The minimum absolute atomic E-state index is 0.743. The van der Waals surface area contributed by atoms with Crippen LogP contribution >= 0.6 is 0 Å². The Labute approximate surface area is 91.0 Å². The Morgan fingerprint density at radius 3 is 2.93 bits per heavy atom. The summed E-state index contributed by atoms with van der Waals surface area (Å²) in [5.74, 6) is 0.743. The molecule has 2 nitrogen and oxygen atoms in total. The van der Waals surface area contributed by atoms with Gasteiger partial charge in [0.15, 0.2) is 0 Å². The van der Waals surface area contributed by atoms with Crippen LogP contribution < -0.4 is 0 Å². The van der Waals surface area contributed by atoms with Crippen LogP contribution in [0, 0.1) is 5.92 Å². The average Bonchev–Trinajstić information content (AvgIpc) is 2.78. The lowest BCUT2D eigenvalue weighted by Gasteiger charge is -2.26. The molecule has 2 heteroatoms. The highest BCUT2D eigenvalue weighted by atomic mass is 15.0. The van der Waals surface area contributed by atoms with E-state index in [0.29, 0.717) is 0 Å². The highest BCUT2D eigenvalue weighted by Crippen LogP contribution is 2.28. The first-order chi connectivity index (χ1) is 7.45. The van der Waals surface area contributed by atoms with Crippen molar-refractivity contribution in [1.29, 1.82) is 0 Å². The molecule has 0 amide bonds. The van der Waals surface area contributed by atoms with Crippen LogP contribution in [-0.2, 0) is 6.54 Å². The van der Waals surface area contributed by atoms with Crippen molar-refractivity contribution in [3.8, 4) is 0 Å². The maximum Gasteiger partial charge on any atom is 0.0624 e. The predicted molar refractivity (Wildman–Crippen MR) is 62.4 cm³/mol. The van der Waals surface area contributed by atoms with Crippen LogP contribution in [0.15, 0.2) is 23.3 Å². The zero-order valence-corrected chi connectivity index (χ0v) is 9.15. The molecule has 0 unspecified atom stereocenters. The molecule has 0 atom stereocenters. The van der Waals surface area contributed by atoms with Crippen LogP contribution in [0.25, 0.3) is 0 Å². The normalized spacial score (nSPS) is 22.3. The number of hydrogen-bond donors (Lipinski definition) is 0. The molecule has 3 rings (SSSR count). The third kappa shape index (κ3) is 1.62. The standard InChI is InChI=1S/C13H18N2/c1-2-5-11(6-3-1)13-12-7-4-9-15(12)10-8-14-13/h4,7,9,11H,1-3,5-6,8,10H2. The van der Waals surface area contributed by atoms with Gasteiger partial charge in [-0.15, -0.1) is 0 Å². The van der Waals surface area contributed by atoms with Crippen molar-refractivity contribution < 1.29 is 0 Å². The molecular formula is C13H18N2. The van der Waals surface area contributed by atoms with Crippen molar-refractivity contribution in [3.63, 3.8) is 0 Å². The Balaban J connectivity index is 1.89. The molecular weight excluding hydrogens is 184 g/mol. The number of rotatable bonds is 1. The molecule has 0 aromatic carbocycles. The van der Waals surface area contributed by atoms with Crippen molar-refractivity contribution in [1.82, 2.24) is 4.57 Å². The Morgan fingerprint density at radius 1 is 1.20 bits per heavy atom. The second kappa shape index (κ2) is 3.84. The molecule has 15 heavy (non-hydrogen) atoms. The molecule has 1 aliphatic carbocycles.